The van der Waals surface area contributed by atoms with Gasteiger partial charge >= 0.3 is 17.9 Å². The second kappa shape index (κ2) is 15.6. The third kappa shape index (κ3) is 8.25. The molecule has 2 aliphatic rings. The monoisotopic (exact) mass is 614 g/mol. The number of rotatable bonds is 8. The van der Waals surface area contributed by atoms with E-state index in [0.717, 1.165) is 11.1 Å². The van der Waals surface area contributed by atoms with Gasteiger partial charge in [-0.05, 0) is 48.9 Å². The second-order valence-corrected chi connectivity index (χ2v) is 11.2. The zero-order valence-electron chi connectivity index (χ0n) is 25.1. The first-order chi connectivity index (χ1) is 22.0. The standard InChI is InChI=1S/C36H38O9/c1-41-36-32-31(30(29(23-37)42-36)43-33(38)26-17-9-4-10-18-26)44-34(39)27(21-24-13-5-2-6-14-24)19-11-12-20-28(35(40)45-32)22-25-15-7-3-8-16-25/h2-18,27-32,36-37H,19-23H2,1H3/t27-,28-,29-,30+,31+,32-,36+/m1/s1. The summed E-state index contributed by atoms with van der Waals surface area (Å²) in [7, 11) is 1.36. The summed E-state index contributed by atoms with van der Waals surface area (Å²) in [6, 6.07) is 27.5. The third-order valence-electron chi connectivity index (χ3n) is 8.08. The molecule has 9 nitrogen and oxygen atoms in total. The van der Waals surface area contributed by atoms with Crippen LogP contribution in [0.1, 0.15) is 34.3 Å². The second-order valence-electron chi connectivity index (χ2n) is 11.2. The highest BCUT2D eigenvalue weighted by Crippen LogP contribution is 2.32. The van der Waals surface area contributed by atoms with Crippen LogP contribution in [0.25, 0.3) is 0 Å². The Bertz CT molecular complexity index is 1430. The average molecular weight is 615 g/mol. The van der Waals surface area contributed by atoms with Gasteiger partial charge in [-0.2, -0.15) is 0 Å². The molecule has 45 heavy (non-hydrogen) atoms. The normalized spacial score (nSPS) is 27.2. The summed E-state index contributed by atoms with van der Waals surface area (Å²) in [6.45, 7) is -0.575. The predicted octanol–water partition coefficient (Wildman–Crippen LogP) is 4.47. The van der Waals surface area contributed by atoms with Gasteiger partial charge in [0.1, 0.15) is 6.10 Å². The third-order valence-corrected chi connectivity index (χ3v) is 8.08. The average Bonchev–Trinajstić information content (AvgIpc) is 3.07. The van der Waals surface area contributed by atoms with Gasteiger partial charge in [-0.25, -0.2) is 4.79 Å². The van der Waals surface area contributed by atoms with E-state index in [1.54, 1.807) is 30.3 Å². The van der Waals surface area contributed by atoms with Crippen LogP contribution >= 0.6 is 0 Å². The number of aliphatic hydroxyl groups is 1. The number of aliphatic hydroxyl groups excluding tert-OH is 1. The van der Waals surface area contributed by atoms with Gasteiger partial charge in [-0.3, -0.25) is 9.59 Å². The molecule has 3 aromatic carbocycles. The van der Waals surface area contributed by atoms with E-state index in [0.29, 0.717) is 25.7 Å². The molecule has 236 valence electrons. The Kier molecular flexibility index (Phi) is 11.1. The Morgan fingerprint density at radius 1 is 0.756 bits per heavy atom. The highest BCUT2D eigenvalue weighted by atomic mass is 16.7. The molecule has 1 N–H and O–H groups in total. The summed E-state index contributed by atoms with van der Waals surface area (Å²) in [5.41, 5.74) is 2.17. The quantitative estimate of drug-likeness (QED) is 0.223. The van der Waals surface area contributed by atoms with Crippen LogP contribution in [0, 0.1) is 11.8 Å². The fourth-order valence-corrected chi connectivity index (χ4v) is 5.69. The topological polar surface area (TPSA) is 118 Å². The molecule has 0 aromatic heterocycles. The van der Waals surface area contributed by atoms with Gasteiger partial charge in [0, 0.05) is 7.11 Å². The van der Waals surface area contributed by atoms with Crippen molar-refractivity contribution in [1.29, 1.82) is 0 Å². The fourth-order valence-electron chi connectivity index (χ4n) is 5.69. The lowest BCUT2D eigenvalue weighted by Gasteiger charge is -2.44. The number of hydrogen-bond acceptors (Lipinski definition) is 9. The Hall–Kier alpha value is -4.31. The van der Waals surface area contributed by atoms with Crippen LogP contribution in [-0.2, 0) is 46.1 Å². The zero-order chi connectivity index (χ0) is 31.6. The molecule has 0 amide bonds. The Labute approximate surface area is 262 Å². The number of ether oxygens (including phenoxy) is 5. The van der Waals surface area contributed by atoms with Crippen LogP contribution in [0.2, 0.25) is 0 Å². The van der Waals surface area contributed by atoms with Crippen LogP contribution in [0.5, 0.6) is 0 Å². The van der Waals surface area contributed by atoms with Gasteiger partial charge in [0.2, 0.25) is 0 Å². The minimum absolute atomic E-state index is 0.256. The number of carbonyl (C=O) groups is 3. The molecule has 9 heteroatoms. The minimum atomic E-state index is -1.33. The molecule has 1 fully saturated rings. The molecular weight excluding hydrogens is 576 g/mol. The number of methoxy groups -OCH3 is 1. The van der Waals surface area contributed by atoms with Gasteiger partial charge in [-0.15, -0.1) is 0 Å². The molecule has 2 aliphatic heterocycles. The molecule has 0 radical (unpaired) electrons. The van der Waals surface area contributed by atoms with E-state index in [4.69, 9.17) is 23.7 Å². The predicted molar refractivity (Wildman–Crippen MR) is 164 cm³/mol. The van der Waals surface area contributed by atoms with Crippen LogP contribution in [0.15, 0.2) is 103 Å². The largest absolute Gasteiger partial charge is 0.454 e. The van der Waals surface area contributed by atoms with Crippen molar-refractivity contribution in [3.63, 3.8) is 0 Å². The first-order valence-corrected chi connectivity index (χ1v) is 15.2. The van der Waals surface area contributed by atoms with E-state index in [1.165, 1.54) is 7.11 Å². The van der Waals surface area contributed by atoms with Crippen molar-refractivity contribution in [2.24, 2.45) is 11.8 Å². The van der Waals surface area contributed by atoms with Crippen molar-refractivity contribution >= 4 is 17.9 Å². The Balaban J connectivity index is 1.52. The molecule has 0 unspecified atom stereocenters. The number of esters is 3. The van der Waals surface area contributed by atoms with Crippen molar-refractivity contribution < 1.29 is 43.2 Å². The fraction of sp³-hybridized carbons (Fsp3) is 0.361. The zero-order valence-corrected chi connectivity index (χ0v) is 25.1. The highest BCUT2D eigenvalue weighted by Gasteiger charge is 2.53. The summed E-state index contributed by atoms with van der Waals surface area (Å²) in [6.07, 6.45) is -0.917. The summed E-state index contributed by atoms with van der Waals surface area (Å²) >= 11 is 0. The highest BCUT2D eigenvalue weighted by molar-refractivity contribution is 5.89. The molecule has 0 bridgehead atoms. The van der Waals surface area contributed by atoms with Gasteiger partial charge in [0.15, 0.2) is 24.6 Å². The number of carbonyl (C=O) groups excluding carboxylic acids is 3. The van der Waals surface area contributed by atoms with Crippen LogP contribution in [0.3, 0.4) is 0 Å². The SMILES string of the molecule is CO[C@H]1O[C@H](CO)[C@H](OC(=O)c2ccccc2)[C@@H]2OC(=O)[C@@H](Cc3ccccc3)CC=CC[C@H](Cc3ccccc3)C(=O)O[C@@H]12. The van der Waals surface area contributed by atoms with Crippen LogP contribution < -0.4 is 0 Å². The van der Waals surface area contributed by atoms with E-state index in [-0.39, 0.29) is 5.56 Å². The van der Waals surface area contributed by atoms with Gasteiger partial charge in [-0.1, -0.05) is 91.0 Å². The molecule has 1 saturated heterocycles. The lowest BCUT2D eigenvalue weighted by Crippen LogP contribution is -2.63. The molecule has 2 heterocycles. The van der Waals surface area contributed by atoms with E-state index in [9.17, 15) is 19.5 Å². The van der Waals surface area contributed by atoms with E-state index in [2.05, 4.69) is 0 Å². The van der Waals surface area contributed by atoms with Crippen molar-refractivity contribution in [1.82, 2.24) is 0 Å². The summed E-state index contributed by atoms with van der Waals surface area (Å²) in [5, 5.41) is 10.3. The number of benzene rings is 3. The first-order valence-electron chi connectivity index (χ1n) is 15.2. The number of allylic oxidation sites excluding steroid dienone is 2. The lowest BCUT2D eigenvalue weighted by atomic mass is 9.92. The smallest absolute Gasteiger partial charge is 0.338 e. The van der Waals surface area contributed by atoms with E-state index >= 15 is 0 Å². The van der Waals surface area contributed by atoms with E-state index < -0.39 is 67.1 Å². The maximum atomic E-state index is 13.9. The van der Waals surface area contributed by atoms with Crippen LogP contribution in [-0.4, -0.2) is 67.4 Å². The van der Waals surface area contributed by atoms with Crippen molar-refractivity contribution in [2.75, 3.05) is 13.7 Å². The molecule has 0 spiro atoms. The minimum Gasteiger partial charge on any atom is -0.454 e. The molecular formula is C36H38O9. The summed E-state index contributed by atoms with van der Waals surface area (Å²) in [4.78, 5) is 40.9. The van der Waals surface area contributed by atoms with E-state index in [1.807, 2.05) is 72.8 Å². The molecule has 7 atom stereocenters. The molecule has 5 rings (SSSR count). The van der Waals surface area contributed by atoms with Crippen molar-refractivity contribution in [3.8, 4) is 0 Å². The van der Waals surface area contributed by atoms with Crippen molar-refractivity contribution in [2.45, 2.75) is 56.4 Å². The number of fused-ring (bicyclic) bond motifs is 1. The molecule has 0 aliphatic carbocycles. The van der Waals surface area contributed by atoms with Crippen molar-refractivity contribution in [3.05, 3.63) is 120 Å². The maximum Gasteiger partial charge on any atom is 0.338 e. The van der Waals surface area contributed by atoms with Gasteiger partial charge in [0.25, 0.3) is 0 Å². The maximum absolute atomic E-state index is 13.9. The van der Waals surface area contributed by atoms with Crippen LogP contribution in [0.4, 0.5) is 0 Å². The van der Waals surface area contributed by atoms with Gasteiger partial charge < -0.3 is 28.8 Å². The Morgan fingerprint density at radius 3 is 1.73 bits per heavy atom. The molecule has 3 aromatic rings. The van der Waals surface area contributed by atoms with Gasteiger partial charge in [0.05, 0.1) is 24.0 Å². The summed E-state index contributed by atoms with van der Waals surface area (Å²) < 4.78 is 29.6. The lowest BCUT2D eigenvalue weighted by molar-refractivity contribution is -0.301. The first kappa shape index (κ1) is 32.1. The molecule has 0 saturated carbocycles. The number of hydrogen-bond donors (Lipinski definition) is 1. The Morgan fingerprint density at radius 2 is 1.24 bits per heavy atom. The summed E-state index contributed by atoms with van der Waals surface area (Å²) in [5.74, 6) is -2.97.